The van der Waals surface area contributed by atoms with E-state index in [4.69, 9.17) is 9.47 Å². The number of nitrogens with zero attached hydrogens (tertiary/aromatic N) is 1. The largest absolute Gasteiger partial charge is 0.465 e. The molecule has 1 aliphatic carbocycles. The summed E-state index contributed by atoms with van der Waals surface area (Å²) in [5.74, 6) is -2.04. The number of carbonyl (C=O) groups excluding carboxylic acids is 4. The van der Waals surface area contributed by atoms with Crippen molar-refractivity contribution in [3.8, 4) is 0 Å². The van der Waals surface area contributed by atoms with E-state index in [9.17, 15) is 19.2 Å². The maximum absolute atomic E-state index is 12.7. The van der Waals surface area contributed by atoms with E-state index in [-0.39, 0.29) is 41.1 Å². The molecule has 3 rings (SSSR count). The van der Waals surface area contributed by atoms with Crippen LogP contribution in [-0.4, -0.2) is 55.5 Å². The Morgan fingerprint density at radius 1 is 1.00 bits per heavy atom. The minimum atomic E-state index is -0.635. The molecule has 2 aliphatic rings. The average Bonchev–Trinajstić information content (AvgIpc) is 3.35. The first-order valence-electron chi connectivity index (χ1n) is 9.35. The molecule has 1 unspecified atom stereocenters. The highest BCUT2D eigenvalue weighted by Gasteiger charge is 2.38. The molecule has 28 heavy (non-hydrogen) atoms. The number of amides is 2. The first-order valence-corrected chi connectivity index (χ1v) is 9.35. The van der Waals surface area contributed by atoms with Gasteiger partial charge in [0.25, 0.3) is 0 Å². The van der Waals surface area contributed by atoms with Crippen LogP contribution in [0.15, 0.2) is 18.2 Å². The van der Waals surface area contributed by atoms with Crippen LogP contribution < -0.4 is 5.32 Å². The molecule has 1 aromatic carbocycles. The van der Waals surface area contributed by atoms with Crippen LogP contribution in [0.4, 0.5) is 5.69 Å². The molecular formula is C20H24N2O6. The van der Waals surface area contributed by atoms with Crippen LogP contribution >= 0.6 is 0 Å². The van der Waals surface area contributed by atoms with Gasteiger partial charge in [0.1, 0.15) is 0 Å². The Bertz CT molecular complexity index is 766. The van der Waals surface area contributed by atoms with Gasteiger partial charge in [0.15, 0.2) is 0 Å². The van der Waals surface area contributed by atoms with Gasteiger partial charge in [-0.05, 0) is 31.0 Å². The molecule has 2 fully saturated rings. The molecular weight excluding hydrogens is 364 g/mol. The van der Waals surface area contributed by atoms with Gasteiger partial charge >= 0.3 is 11.9 Å². The molecule has 0 spiro atoms. The van der Waals surface area contributed by atoms with Crippen molar-refractivity contribution in [2.24, 2.45) is 5.92 Å². The summed E-state index contributed by atoms with van der Waals surface area (Å²) in [6.07, 6.45) is 4.38. The van der Waals surface area contributed by atoms with Crippen LogP contribution in [0, 0.1) is 5.92 Å². The molecule has 8 heteroatoms. The summed E-state index contributed by atoms with van der Waals surface area (Å²) in [6, 6.07) is 4.44. The minimum absolute atomic E-state index is 0.00520. The Morgan fingerprint density at radius 2 is 1.57 bits per heavy atom. The molecule has 1 aromatic rings. The molecule has 0 aromatic heterocycles. The van der Waals surface area contributed by atoms with Crippen molar-refractivity contribution in [3.05, 3.63) is 29.3 Å². The summed E-state index contributed by atoms with van der Waals surface area (Å²) in [5.41, 5.74) is 0.520. The highest BCUT2D eigenvalue weighted by atomic mass is 16.5. The molecule has 0 radical (unpaired) electrons. The van der Waals surface area contributed by atoms with Crippen molar-refractivity contribution in [1.29, 1.82) is 0 Å². The third kappa shape index (κ3) is 4.16. The van der Waals surface area contributed by atoms with Crippen LogP contribution in [0.25, 0.3) is 0 Å². The lowest BCUT2D eigenvalue weighted by atomic mass is 10.1. The van der Waals surface area contributed by atoms with Gasteiger partial charge < -0.3 is 19.7 Å². The van der Waals surface area contributed by atoms with Crippen LogP contribution in [-0.2, 0) is 19.1 Å². The van der Waals surface area contributed by atoms with Crippen molar-refractivity contribution in [2.45, 2.75) is 38.1 Å². The second-order valence-corrected chi connectivity index (χ2v) is 7.16. The maximum atomic E-state index is 12.7. The van der Waals surface area contributed by atoms with Crippen LogP contribution in [0.2, 0.25) is 0 Å². The SMILES string of the molecule is COC(=O)c1cc(NC(=O)C2CC(=O)N(C3CCCC3)C2)cc(C(=O)OC)c1. The van der Waals surface area contributed by atoms with E-state index in [1.165, 1.54) is 32.4 Å². The third-order valence-electron chi connectivity index (χ3n) is 5.34. The number of esters is 2. The van der Waals surface area contributed by atoms with Crippen molar-refractivity contribution >= 4 is 29.4 Å². The second kappa shape index (κ2) is 8.41. The predicted molar refractivity (Wildman–Crippen MR) is 99.8 cm³/mol. The minimum Gasteiger partial charge on any atom is -0.465 e. The third-order valence-corrected chi connectivity index (χ3v) is 5.34. The van der Waals surface area contributed by atoms with Crippen molar-refractivity contribution < 1.29 is 28.7 Å². The predicted octanol–water partition coefficient (Wildman–Crippen LogP) is 1.99. The van der Waals surface area contributed by atoms with Gasteiger partial charge in [0.05, 0.1) is 31.3 Å². The summed E-state index contributed by atoms with van der Waals surface area (Å²) >= 11 is 0. The summed E-state index contributed by atoms with van der Waals surface area (Å²) in [7, 11) is 2.46. The molecule has 1 saturated carbocycles. The van der Waals surface area contributed by atoms with E-state index in [1.54, 1.807) is 0 Å². The summed E-state index contributed by atoms with van der Waals surface area (Å²) < 4.78 is 9.39. The van der Waals surface area contributed by atoms with Crippen LogP contribution in [0.5, 0.6) is 0 Å². The Kier molecular flexibility index (Phi) is 5.96. The first-order chi connectivity index (χ1) is 13.4. The molecule has 1 N–H and O–H groups in total. The molecule has 1 saturated heterocycles. The number of rotatable bonds is 5. The van der Waals surface area contributed by atoms with E-state index in [0.29, 0.717) is 6.54 Å². The zero-order chi connectivity index (χ0) is 20.3. The molecule has 1 heterocycles. The molecule has 1 aliphatic heterocycles. The highest BCUT2D eigenvalue weighted by molar-refractivity contribution is 6.01. The van der Waals surface area contributed by atoms with Gasteiger partial charge in [-0.3, -0.25) is 9.59 Å². The van der Waals surface area contributed by atoms with Crippen LogP contribution in [0.1, 0.15) is 52.8 Å². The van der Waals surface area contributed by atoms with Crippen molar-refractivity contribution in [2.75, 3.05) is 26.1 Å². The number of carbonyl (C=O) groups is 4. The fourth-order valence-corrected chi connectivity index (χ4v) is 3.89. The van der Waals surface area contributed by atoms with Gasteiger partial charge in [0.2, 0.25) is 11.8 Å². The van der Waals surface area contributed by atoms with Crippen molar-refractivity contribution in [3.63, 3.8) is 0 Å². The molecule has 150 valence electrons. The van der Waals surface area contributed by atoms with Gasteiger partial charge in [-0.2, -0.15) is 0 Å². The molecule has 8 nitrogen and oxygen atoms in total. The number of nitrogens with one attached hydrogen (secondary N) is 1. The Balaban J connectivity index is 1.75. The summed E-state index contributed by atoms with van der Waals surface area (Å²) in [5, 5.41) is 2.72. The van der Waals surface area contributed by atoms with E-state index < -0.39 is 17.9 Å². The number of ether oxygens (including phenoxy) is 2. The Morgan fingerprint density at radius 3 is 2.11 bits per heavy atom. The van der Waals surface area contributed by atoms with Gasteiger partial charge in [-0.25, -0.2) is 9.59 Å². The number of methoxy groups -OCH3 is 2. The Labute approximate surface area is 163 Å². The lowest BCUT2D eigenvalue weighted by Gasteiger charge is -2.23. The fraction of sp³-hybridized carbons (Fsp3) is 0.500. The lowest BCUT2D eigenvalue weighted by Crippen LogP contribution is -2.35. The number of hydrogen-bond donors (Lipinski definition) is 1. The zero-order valence-corrected chi connectivity index (χ0v) is 16.0. The standard InChI is InChI=1S/C20H24N2O6/c1-27-19(25)12-7-13(20(26)28-2)9-15(8-12)21-18(24)14-10-17(23)22(11-14)16-5-3-4-6-16/h7-9,14,16H,3-6,10-11H2,1-2H3,(H,21,24). The number of anilines is 1. The number of likely N-dealkylation sites (tertiary alicyclic amines) is 1. The van der Waals surface area contributed by atoms with E-state index in [1.807, 2.05) is 4.90 Å². The number of benzene rings is 1. The van der Waals surface area contributed by atoms with Gasteiger partial charge in [-0.1, -0.05) is 12.8 Å². The summed E-state index contributed by atoms with van der Waals surface area (Å²) in [6.45, 7) is 0.399. The lowest BCUT2D eigenvalue weighted by molar-refractivity contribution is -0.129. The molecule has 1 atom stereocenters. The monoisotopic (exact) mass is 388 g/mol. The fourth-order valence-electron chi connectivity index (χ4n) is 3.89. The van der Waals surface area contributed by atoms with Gasteiger partial charge in [0, 0.05) is 24.7 Å². The Hall–Kier alpha value is -2.90. The quantitative estimate of drug-likeness (QED) is 0.774. The van der Waals surface area contributed by atoms with E-state index in [0.717, 1.165) is 25.7 Å². The van der Waals surface area contributed by atoms with Crippen molar-refractivity contribution in [1.82, 2.24) is 4.90 Å². The zero-order valence-electron chi connectivity index (χ0n) is 16.0. The van der Waals surface area contributed by atoms with Crippen LogP contribution in [0.3, 0.4) is 0 Å². The average molecular weight is 388 g/mol. The van der Waals surface area contributed by atoms with E-state index >= 15 is 0 Å². The second-order valence-electron chi connectivity index (χ2n) is 7.16. The highest BCUT2D eigenvalue weighted by Crippen LogP contribution is 2.30. The normalized spacial score (nSPS) is 19.6. The smallest absolute Gasteiger partial charge is 0.337 e. The molecule has 2 amide bonds. The summed E-state index contributed by atoms with van der Waals surface area (Å²) in [4.78, 5) is 50.6. The topological polar surface area (TPSA) is 102 Å². The van der Waals surface area contributed by atoms with Gasteiger partial charge in [-0.15, -0.1) is 0 Å². The number of hydrogen-bond acceptors (Lipinski definition) is 6. The van der Waals surface area contributed by atoms with E-state index in [2.05, 4.69) is 5.32 Å². The maximum Gasteiger partial charge on any atom is 0.337 e. The molecule has 0 bridgehead atoms. The first kappa shape index (κ1) is 19.9.